The fourth-order valence-electron chi connectivity index (χ4n) is 11.3. The molecule has 0 aromatic heterocycles. The summed E-state index contributed by atoms with van der Waals surface area (Å²) in [6.07, 6.45) is 12.9. The average molecular weight is 626 g/mol. The minimum absolute atomic E-state index is 0.0383. The smallest absolute Gasteiger partial charge is 0.0496 e. The number of hydrogen-bond donors (Lipinski definition) is 0. The van der Waals surface area contributed by atoms with Crippen LogP contribution in [0.15, 0.2) is 109 Å². The molecule has 1 nitrogen and oxygen atoms in total. The molecule has 0 saturated heterocycles. The first-order valence-corrected chi connectivity index (χ1v) is 18.8. The zero-order valence-electron chi connectivity index (χ0n) is 28.6. The van der Waals surface area contributed by atoms with Crippen LogP contribution in [0.1, 0.15) is 91.3 Å². The Morgan fingerprint density at radius 3 is 1.81 bits per heavy atom. The Morgan fingerprint density at radius 2 is 1.10 bits per heavy atom. The molecule has 0 spiro atoms. The summed E-state index contributed by atoms with van der Waals surface area (Å²) in [7, 11) is 0. The maximum atomic E-state index is 2.61. The van der Waals surface area contributed by atoms with Crippen LogP contribution in [0, 0.1) is 17.8 Å². The minimum Gasteiger partial charge on any atom is -0.310 e. The molecule has 5 aromatic rings. The van der Waals surface area contributed by atoms with E-state index in [0.717, 1.165) is 43.4 Å². The van der Waals surface area contributed by atoms with Crippen LogP contribution in [-0.2, 0) is 36.5 Å². The number of anilines is 3. The molecule has 5 aromatic carbocycles. The molecule has 0 radical (unpaired) electrons. The van der Waals surface area contributed by atoms with Crippen LogP contribution in [0.25, 0.3) is 11.1 Å². The lowest BCUT2D eigenvalue weighted by Gasteiger charge is -2.57. The number of aryl methyl sites for hydroxylation is 4. The molecule has 1 heteroatoms. The van der Waals surface area contributed by atoms with Crippen molar-refractivity contribution in [3.63, 3.8) is 0 Å². The standard InChI is InChI=1S/C47H47N/c1-46(2)43-6-4-3-5-41(43)42-22-21-40(27-44(42)46)48(45-26-33-12-11-31-7-9-32(10-8-31)13-15-37(45)16-14-33)39-19-17-38(18-20-39)47-28-34-23-35(29-47)25-36(24-34)30-47/h3-10,14,16-22,26-27,34-36H,11-13,15,23-25,28-30H2,1-2H3. The molecule has 4 fully saturated rings. The zero-order valence-corrected chi connectivity index (χ0v) is 28.6. The van der Waals surface area contributed by atoms with Crippen molar-refractivity contribution < 1.29 is 0 Å². The zero-order chi connectivity index (χ0) is 32.0. The maximum Gasteiger partial charge on any atom is 0.0496 e. The van der Waals surface area contributed by atoms with Crippen LogP contribution < -0.4 is 4.90 Å². The molecule has 0 aliphatic heterocycles. The van der Waals surface area contributed by atoms with Crippen molar-refractivity contribution in [3.8, 4) is 11.1 Å². The number of nitrogens with zero attached hydrogens (tertiary/aromatic N) is 1. The van der Waals surface area contributed by atoms with Crippen molar-refractivity contribution >= 4 is 17.1 Å². The molecule has 8 bridgehead atoms. The maximum absolute atomic E-state index is 2.61. The van der Waals surface area contributed by atoms with Crippen LogP contribution in [0.5, 0.6) is 0 Å². The van der Waals surface area contributed by atoms with Gasteiger partial charge in [-0.15, -0.1) is 0 Å². The second-order valence-corrected chi connectivity index (χ2v) is 16.8. The van der Waals surface area contributed by atoms with Gasteiger partial charge in [-0.25, -0.2) is 0 Å². The quantitative estimate of drug-likeness (QED) is 0.192. The number of hydrogen-bond acceptors (Lipinski definition) is 1. The summed E-state index contributed by atoms with van der Waals surface area (Å²) in [4.78, 5) is 2.61. The molecule has 0 amide bonds. The minimum atomic E-state index is -0.0383. The van der Waals surface area contributed by atoms with Gasteiger partial charge in [-0.1, -0.05) is 92.7 Å². The van der Waals surface area contributed by atoms with Crippen molar-refractivity contribution in [2.24, 2.45) is 17.8 Å². The molecular formula is C47H47N. The molecule has 14 rings (SSSR count). The number of rotatable bonds is 4. The monoisotopic (exact) mass is 625 g/mol. The van der Waals surface area contributed by atoms with Gasteiger partial charge in [-0.3, -0.25) is 0 Å². The normalized spacial score (nSPS) is 25.8. The summed E-state index contributed by atoms with van der Waals surface area (Å²) in [5, 5.41) is 0. The Morgan fingerprint density at radius 1 is 0.521 bits per heavy atom. The van der Waals surface area contributed by atoms with Gasteiger partial charge in [0.2, 0.25) is 0 Å². The van der Waals surface area contributed by atoms with E-state index in [1.807, 2.05) is 0 Å². The van der Waals surface area contributed by atoms with Crippen molar-refractivity contribution in [3.05, 3.63) is 148 Å². The van der Waals surface area contributed by atoms with Gasteiger partial charge in [0, 0.05) is 22.5 Å². The van der Waals surface area contributed by atoms with Crippen molar-refractivity contribution in [1.29, 1.82) is 0 Å². The Bertz CT molecular complexity index is 1990. The van der Waals surface area contributed by atoms with Crippen molar-refractivity contribution in [2.75, 3.05) is 4.90 Å². The summed E-state index contributed by atoms with van der Waals surface area (Å²) in [5.41, 5.74) is 17.2. The summed E-state index contributed by atoms with van der Waals surface area (Å²) < 4.78 is 0. The van der Waals surface area contributed by atoms with Gasteiger partial charge in [-0.05, 0) is 168 Å². The van der Waals surface area contributed by atoms with Gasteiger partial charge < -0.3 is 4.90 Å². The molecule has 48 heavy (non-hydrogen) atoms. The highest BCUT2D eigenvalue weighted by atomic mass is 15.1. The van der Waals surface area contributed by atoms with E-state index in [2.05, 4.69) is 128 Å². The van der Waals surface area contributed by atoms with Crippen LogP contribution in [0.3, 0.4) is 0 Å². The van der Waals surface area contributed by atoms with Gasteiger partial charge in [0.1, 0.15) is 0 Å². The number of benzene rings is 5. The summed E-state index contributed by atoms with van der Waals surface area (Å²) in [5.74, 6) is 2.87. The Kier molecular flexibility index (Phi) is 6.44. The van der Waals surface area contributed by atoms with Gasteiger partial charge >= 0.3 is 0 Å². The third kappa shape index (κ3) is 4.57. The number of fused-ring (bicyclic) bond motifs is 3. The molecule has 0 unspecified atom stereocenters. The Hall–Kier alpha value is -4.10. The molecule has 4 saturated carbocycles. The SMILES string of the molecule is CC1(C)c2ccccc2-c2ccc(N(c3ccc(C45CC6CC(CC(C6)C4)C5)cc3)c3cc4ccc3CCc3ccc(cc3)CC4)cc21. The molecule has 0 atom stereocenters. The Balaban J connectivity index is 1.10. The summed E-state index contributed by atoms with van der Waals surface area (Å²) in [6.45, 7) is 4.81. The summed E-state index contributed by atoms with van der Waals surface area (Å²) in [6, 6.07) is 43.1. The van der Waals surface area contributed by atoms with E-state index in [1.54, 1.807) is 5.56 Å². The van der Waals surface area contributed by atoms with Gasteiger partial charge in [-0.2, -0.15) is 0 Å². The van der Waals surface area contributed by atoms with Crippen LogP contribution >= 0.6 is 0 Å². The first-order chi connectivity index (χ1) is 23.4. The third-order valence-corrected chi connectivity index (χ3v) is 13.4. The van der Waals surface area contributed by atoms with Crippen molar-refractivity contribution in [1.82, 2.24) is 0 Å². The van der Waals surface area contributed by atoms with E-state index in [0.29, 0.717) is 5.41 Å². The lowest BCUT2D eigenvalue weighted by Crippen LogP contribution is -2.48. The van der Waals surface area contributed by atoms with E-state index < -0.39 is 0 Å². The van der Waals surface area contributed by atoms with Gasteiger partial charge in [0.15, 0.2) is 0 Å². The predicted octanol–water partition coefficient (Wildman–Crippen LogP) is 11.8. The highest BCUT2D eigenvalue weighted by Crippen LogP contribution is 2.61. The molecular weight excluding hydrogens is 579 g/mol. The topological polar surface area (TPSA) is 3.24 Å². The van der Waals surface area contributed by atoms with E-state index in [-0.39, 0.29) is 5.41 Å². The fraction of sp³-hybridized carbons (Fsp3) is 0.362. The molecule has 0 N–H and O–H groups in total. The molecule has 9 aliphatic carbocycles. The molecule has 9 aliphatic rings. The lowest BCUT2D eigenvalue weighted by atomic mass is 9.48. The fourth-order valence-corrected chi connectivity index (χ4v) is 11.3. The van der Waals surface area contributed by atoms with E-state index in [4.69, 9.17) is 0 Å². The highest BCUT2D eigenvalue weighted by Gasteiger charge is 2.51. The molecule has 240 valence electrons. The lowest BCUT2D eigenvalue weighted by molar-refractivity contribution is -0.00518. The van der Waals surface area contributed by atoms with E-state index in [9.17, 15) is 0 Å². The van der Waals surface area contributed by atoms with E-state index >= 15 is 0 Å². The largest absolute Gasteiger partial charge is 0.310 e. The third-order valence-electron chi connectivity index (χ3n) is 13.4. The summed E-state index contributed by atoms with van der Waals surface area (Å²) >= 11 is 0. The molecule has 0 heterocycles. The van der Waals surface area contributed by atoms with Crippen LogP contribution in [0.2, 0.25) is 0 Å². The van der Waals surface area contributed by atoms with Gasteiger partial charge in [0.25, 0.3) is 0 Å². The Labute approximate surface area is 287 Å². The second kappa shape index (κ2) is 10.7. The predicted molar refractivity (Wildman–Crippen MR) is 200 cm³/mol. The average Bonchev–Trinajstić information content (AvgIpc) is 3.32. The van der Waals surface area contributed by atoms with Crippen LogP contribution in [0.4, 0.5) is 17.1 Å². The first-order valence-electron chi connectivity index (χ1n) is 18.8. The van der Waals surface area contributed by atoms with Crippen molar-refractivity contribution in [2.45, 2.75) is 88.9 Å². The van der Waals surface area contributed by atoms with Gasteiger partial charge in [0.05, 0.1) is 0 Å². The van der Waals surface area contributed by atoms with E-state index in [1.165, 1.54) is 100 Å². The second-order valence-electron chi connectivity index (χ2n) is 16.8. The first kappa shape index (κ1) is 28.9. The highest BCUT2D eigenvalue weighted by molar-refractivity contribution is 5.86. The van der Waals surface area contributed by atoms with Crippen LogP contribution in [-0.4, -0.2) is 0 Å².